The Kier molecular flexibility index (Phi) is 6.24. The minimum Gasteiger partial charge on any atom is -0.383 e. The number of hydrogen-bond donors (Lipinski definition) is 3. The van der Waals surface area contributed by atoms with Gasteiger partial charge in [0.05, 0.1) is 13.2 Å². The van der Waals surface area contributed by atoms with E-state index in [0.29, 0.717) is 5.56 Å². The molecule has 0 radical (unpaired) electrons. The van der Waals surface area contributed by atoms with Crippen molar-refractivity contribution in [3.63, 3.8) is 0 Å². The van der Waals surface area contributed by atoms with Crippen LogP contribution in [0.25, 0.3) is 0 Å². The van der Waals surface area contributed by atoms with E-state index in [0.717, 1.165) is 0 Å². The van der Waals surface area contributed by atoms with Gasteiger partial charge in [-0.2, -0.15) is 13.1 Å². The molecule has 0 aliphatic rings. The Hall–Kier alpha value is -1.66. The van der Waals surface area contributed by atoms with Gasteiger partial charge in [-0.05, 0) is 12.1 Å². The average Bonchev–Trinajstić information content (AvgIpc) is 2.36. The summed E-state index contributed by atoms with van der Waals surface area (Å²) in [4.78, 5) is 3.90. The minimum atomic E-state index is -3.66. The summed E-state index contributed by atoms with van der Waals surface area (Å²) in [7, 11) is -2.17. The zero-order valence-corrected chi connectivity index (χ0v) is 11.3. The summed E-state index contributed by atoms with van der Waals surface area (Å²) in [5, 5.41) is 0. The van der Waals surface area contributed by atoms with E-state index in [1.807, 2.05) is 0 Å². The lowest BCUT2D eigenvalue weighted by Gasteiger charge is -2.08. The van der Waals surface area contributed by atoms with Gasteiger partial charge in [0.1, 0.15) is 5.82 Å². The minimum absolute atomic E-state index is 0.179. The number of ether oxygens (including phenoxy) is 1. The van der Waals surface area contributed by atoms with Crippen molar-refractivity contribution in [3.8, 4) is 11.8 Å². The smallest absolute Gasteiger partial charge is 0.300 e. The fourth-order valence-corrected chi connectivity index (χ4v) is 1.98. The summed E-state index contributed by atoms with van der Waals surface area (Å²) < 4.78 is 32.6. The van der Waals surface area contributed by atoms with Gasteiger partial charge in [-0.3, -0.25) is 4.72 Å². The monoisotopic (exact) mass is 284 g/mol. The zero-order valence-electron chi connectivity index (χ0n) is 10.5. The van der Waals surface area contributed by atoms with Crippen LogP contribution in [0, 0.1) is 11.8 Å². The first-order valence-corrected chi connectivity index (χ1v) is 6.97. The largest absolute Gasteiger partial charge is 0.383 e. The van der Waals surface area contributed by atoms with E-state index in [2.05, 4.69) is 26.3 Å². The summed E-state index contributed by atoms with van der Waals surface area (Å²) in [6.45, 7) is 0.705. The molecule has 4 N–H and O–H groups in total. The van der Waals surface area contributed by atoms with E-state index >= 15 is 0 Å². The SMILES string of the molecule is COCCNS(=O)(=O)Nc1cc(C#CCN)ccn1. The van der Waals surface area contributed by atoms with Crippen molar-refractivity contribution < 1.29 is 13.2 Å². The van der Waals surface area contributed by atoms with Gasteiger partial charge in [0.15, 0.2) is 0 Å². The van der Waals surface area contributed by atoms with E-state index < -0.39 is 10.2 Å². The molecule has 0 aliphatic heterocycles. The average molecular weight is 284 g/mol. The van der Waals surface area contributed by atoms with Crippen LogP contribution in [0.1, 0.15) is 5.56 Å². The first-order valence-electron chi connectivity index (χ1n) is 5.49. The van der Waals surface area contributed by atoms with Crippen molar-refractivity contribution in [2.24, 2.45) is 5.73 Å². The van der Waals surface area contributed by atoms with E-state index in [4.69, 9.17) is 10.5 Å². The van der Waals surface area contributed by atoms with Gasteiger partial charge in [0.25, 0.3) is 10.2 Å². The number of anilines is 1. The fraction of sp³-hybridized carbons (Fsp3) is 0.364. The van der Waals surface area contributed by atoms with Gasteiger partial charge in [-0.25, -0.2) is 4.98 Å². The third-order valence-electron chi connectivity index (χ3n) is 1.93. The third-order valence-corrected chi connectivity index (χ3v) is 2.99. The van der Waals surface area contributed by atoms with Crippen molar-refractivity contribution in [1.82, 2.24) is 9.71 Å². The molecule has 1 aromatic rings. The van der Waals surface area contributed by atoms with E-state index in [1.165, 1.54) is 19.4 Å². The normalized spacial score (nSPS) is 10.6. The Morgan fingerprint density at radius 1 is 1.53 bits per heavy atom. The lowest BCUT2D eigenvalue weighted by Crippen LogP contribution is -2.32. The highest BCUT2D eigenvalue weighted by atomic mass is 32.2. The topological polar surface area (TPSA) is 106 Å². The highest BCUT2D eigenvalue weighted by Crippen LogP contribution is 2.06. The Morgan fingerprint density at radius 2 is 2.32 bits per heavy atom. The molecule has 0 amide bonds. The number of nitrogens with two attached hydrogens (primary N) is 1. The first-order chi connectivity index (χ1) is 9.07. The number of hydrogen-bond acceptors (Lipinski definition) is 5. The molecule has 0 spiro atoms. The fourth-order valence-electron chi connectivity index (χ4n) is 1.17. The molecule has 0 saturated carbocycles. The second-order valence-electron chi connectivity index (χ2n) is 3.43. The lowest BCUT2D eigenvalue weighted by molar-refractivity contribution is 0.204. The second kappa shape index (κ2) is 7.70. The molecule has 0 fully saturated rings. The zero-order chi connectivity index (χ0) is 14.1. The van der Waals surface area contributed by atoms with E-state index in [1.54, 1.807) is 6.07 Å². The van der Waals surface area contributed by atoms with Crippen LogP contribution in [0.15, 0.2) is 18.3 Å². The molecule has 0 aromatic carbocycles. The molecular formula is C11H16N4O3S. The molecule has 0 aliphatic carbocycles. The van der Waals surface area contributed by atoms with Crippen molar-refractivity contribution in [3.05, 3.63) is 23.9 Å². The maximum atomic E-state index is 11.6. The molecule has 1 heterocycles. The number of methoxy groups -OCH3 is 1. The second-order valence-corrected chi connectivity index (χ2v) is 4.93. The summed E-state index contributed by atoms with van der Waals surface area (Å²) in [5.74, 6) is 5.66. The summed E-state index contributed by atoms with van der Waals surface area (Å²) >= 11 is 0. The number of pyridine rings is 1. The Bertz CT molecular complexity index is 563. The molecular weight excluding hydrogens is 268 g/mol. The van der Waals surface area contributed by atoms with Crippen molar-refractivity contribution in [2.45, 2.75) is 0 Å². The number of nitrogens with one attached hydrogen (secondary N) is 2. The van der Waals surface area contributed by atoms with Crippen LogP contribution < -0.4 is 15.2 Å². The molecule has 0 atom stereocenters. The molecule has 7 nitrogen and oxygen atoms in total. The van der Waals surface area contributed by atoms with Crippen LogP contribution in [0.3, 0.4) is 0 Å². The highest BCUT2D eigenvalue weighted by molar-refractivity contribution is 7.90. The number of nitrogens with zero attached hydrogens (tertiary/aromatic N) is 1. The Balaban J connectivity index is 2.71. The van der Waals surface area contributed by atoms with Crippen LogP contribution in [0.2, 0.25) is 0 Å². The maximum absolute atomic E-state index is 11.6. The number of aromatic nitrogens is 1. The van der Waals surface area contributed by atoms with Gasteiger partial charge < -0.3 is 10.5 Å². The predicted molar refractivity (Wildman–Crippen MR) is 72.6 cm³/mol. The predicted octanol–water partition coefficient (Wildman–Crippen LogP) is -0.715. The Labute approximate surface area is 112 Å². The molecule has 0 saturated heterocycles. The number of rotatable bonds is 6. The maximum Gasteiger partial charge on any atom is 0.300 e. The molecule has 104 valence electrons. The van der Waals surface area contributed by atoms with Crippen molar-refractivity contribution >= 4 is 16.0 Å². The first kappa shape index (κ1) is 15.4. The Morgan fingerprint density at radius 3 is 3.00 bits per heavy atom. The van der Waals surface area contributed by atoms with Crippen molar-refractivity contribution in [1.29, 1.82) is 0 Å². The van der Waals surface area contributed by atoms with Crippen LogP contribution in [0.5, 0.6) is 0 Å². The third kappa shape index (κ3) is 6.17. The van der Waals surface area contributed by atoms with Crippen LogP contribution in [-0.2, 0) is 14.9 Å². The summed E-state index contributed by atoms with van der Waals surface area (Å²) in [6.07, 6.45) is 1.47. The lowest BCUT2D eigenvalue weighted by atomic mass is 10.2. The van der Waals surface area contributed by atoms with Gasteiger partial charge in [-0.1, -0.05) is 11.8 Å². The quantitative estimate of drug-likeness (QED) is 0.472. The standard InChI is InChI=1S/C11H16N4O3S/c1-18-8-7-14-19(16,17)15-11-9-10(3-2-5-12)4-6-13-11/h4,6,9,14H,5,7-8,12H2,1H3,(H,13,15). The van der Waals surface area contributed by atoms with Crippen LogP contribution >= 0.6 is 0 Å². The molecule has 0 bridgehead atoms. The van der Waals surface area contributed by atoms with Gasteiger partial charge in [-0.15, -0.1) is 0 Å². The van der Waals surface area contributed by atoms with Crippen LogP contribution in [-0.4, -0.2) is 40.2 Å². The van der Waals surface area contributed by atoms with Crippen LogP contribution in [0.4, 0.5) is 5.82 Å². The summed E-state index contributed by atoms with van der Waals surface area (Å²) in [6, 6.07) is 3.19. The molecule has 19 heavy (non-hydrogen) atoms. The summed E-state index contributed by atoms with van der Waals surface area (Å²) in [5.41, 5.74) is 5.90. The van der Waals surface area contributed by atoms with Gasteiger partial charge in [0.2, 0.25) is 0 Å². The highest BCUT2D eigenvalue weighted by Gasteiger charge is 2.09. The van der Waals surface area contributed by atoms with E-state index in [-0.39, 0.29) is 25.5 Å². The van der Waals surface area contributed by atoms with Gasteiger partial charge in [0, 0.05) is 25.4 Å². The molecule has 1 aromatic heterocycles. The van der Waals surface area contributed by atoms with Gasteiger partial charge >= 0.3 is 0 Å². The molecule has 0 unspecified atom stereocenters. The molecule has 1 rings (SSSR count). The van der Waals surface area contributed by atoms with Crippen molar-refractivity contribution in [2.75, 3.05) is 31.5 Å². The molecule has 8 heteroatoms. The van der Waals surface area contributed by atoms with E-state index in [9.17, 15) is 8.42 Å².